The van der Waals surface area contributed by atoms with Crippen molar-refractivity contribution < 1.29 is 26.7 Å². The highest BCUT2D eigenvalue weighted by molar-refractivity contribution is 5.94. The topological polar surface area (TPSA) is 55.1 Å². The number of amides is 1. The number of alkyl halides is 3. The van der Waals surface area contributed by atoms with E-state index in [4.69, 9.17) is 5.73 Å². The zero-order valence-electron chi connectivity index (χ0n) is 8.24. The van der Waals surface area contributed by atoms with Gasteiger partial charge in [0.25, 0.3) is 0 Å². The number of nitrogens with one attached hydrogen (secondary N) is 1. The van der Waals surface area contributed by atoms with Gasteiger partial charge in [-0.25, -0.2) is 8.78 Å². The average molecular weight is 254 g/mol. The van der Waals surface area contributed by atoms with E-state index in [0.717, 1.165) is 0 Å². The number of nitrogen functional groups attached to an aromatic ring is 1. The second-order valence-corrected chi connectivity index (χ2v) is 3.19. The largest absolute Gasteiger partial charge is 0.397 e. The highest BCUT2D eigenvalue weighted by Crippen LogP contribution is 2.26. The number of hydrogen-bond donors (Lipinski definition) is 2. The summed E-state index contributed by atoms with van der Waals surface area (Å²) in [6.07, 6.45) is -6.49. The molecule has 0 aliphatic heterocycles. The Morgan fingerprint density at radius 1 is 1.29 bits per heavy atom. The molecule has 1 rings (SSSR count). The molecule has 0 unspecified atom stereocenters. The molecule has 17 heavy (non-hydrogen) atoms. The Bertz CT molecular complexity index is 420. The van der Waals surface area contributed by atoms with E-state index in [9.17, 15) is 26.7 Å². The van der Waals surface area contributed by atoms with Gasteiger partial charge in [0.2, 0.25) is 5.91 Å². The van der Waals surface area contributed by atoms with Crippen molar-refractivity contribution in [3.8, 4) is 0 Å². The summed E-state index contributed by atoms with van der Waals surface area (Å²) < 4.78 is 61.2. The van der Waals surface area contributed by atoms with Gasteiger partial charge in [0.1, 0.15) is 17.9 Å². The predicted octanol–water partition coefficient (Wildman–Crippen LogP) is 2.44. The minimum Gasteiger partial charge on any atom is -0.397 e. The van der Waals surface area contributed by atoms with Crippen LogP contribution in [0.4, 0.5) is 33.3 Å². The van der Waals surface area contributed by atoms with Crippen molar-refractivity contribution in [2.24, 2.45) is 0 Å². The van der Waals surface area contributed by atoms with Crippen LogP contribution >= 0.6 is 0 Å². The maximum absolute atomic E-state index is 13.1. The number of anilines is 2. The lowest BCUT2D eigenvalue weighted by Crippen LogP contribution is -2.22. The van der Waals surface area contributed by atoms with Gasteiger partial charge in [-0.05, 0) is 6.07 Å². The van der Waals surface area contributed by atoms with E-state index in [-0.39, 0.29) is 0 Å². The van der Waals surface area contributed by atoms with Crippen LogP contribution in [-0.2, 0) is 4.79 Å². The van der Waals surface area contributed by atoms with Crippen molar-refractivity contribution in [2.45, 2.75) is 12.6 Å². The van der Waals surface area contributed by atoms with E-state index in [1.54, 1.807) is 5.32 Å². The summed E-state index contributed by atoms with van der Waals surface area (Å²) in [5.41, 5.74) is 4.00. The first-order valence-electron chi connectivity index (χ1n) is 4.30. The first-order chi connectivity index (χ1) is 7.69. The average Bonchev–Trinajstić information content (AvgIpc) is 2.08. The summed E-state index contributed by atoms with van der Waals surface area (Å²) in [6.45, 7) is 0. The van der Waals surface area contributed by atoms with Crippen LogP contribution in [0.5, 0.6) is 0 Å². The van der Waals surface area contributed by atoms with Crippen molar-refractivity contribution in [3.63, 3.8) is 0 Å². The first kappa shape index (κ1) is 13.2. The minimum atomic E-state index is -4.71. The van der Waals surface area contributed by atoms with E-state index in [1.165, 1.54) is 0 Å². The summed E-state index contributed by atoms with van der Waals surface area (Å²) in [7, 11) is 0. The van der Waals surface area contributed by atoms with Crippen LogP contribution in [0.3, 0.4) is 0 Å². The molecule has 1 aromatic rings. The van der Waals surface area contributed by atoms with E-state index in [0.29, 0.717) is 12.1 Å². The monoisotopic (exact) mass is 254 g/mol. The van der Waals surface area contributed by atoms with Crippen LogP contribution in [0.25, 0.3) is 0 Å². The van der Waals surface area contributed by atoms with Gasteiger partial charge in [-0.2, -0.15) is 13.2 Å². The Balaban J connectivity index is 2.86. The van der Waals surface area contributed by atoms with Crippen LogP contribution in [0.1, 0.15) is 6.42 Å². The zero-order valence-corrected chi connectivity index (χ0v) is 8.24. The highest BCUT2D eigenvalue weighted by atomic mass is 19.4. The summed E-state index contributed by atoms with van der Waals surface area (Å²) in [6, 6.07) is 1.09. The molecule has 0 fully saturated rings. The van der Waals surface area contributed by atoms with Gasteiger partial charge < -0.3 is 11.1 Å². The standard InChI is InChI=1S/C9H7F5N2O/c10-4-1-5(11)8(6(15)2-4)16-7(17)3-9(12,13)14/h1-2H,3,15H2,(H,16,17). The maximum Gasteiger partial charge on any atom is 0.397 e. The molecule has 0 atom stereocenters. The van der Waals surface area contributed by atoms with Gasteiger partial charge in [-0.15, -0.1) is 0 Å². The molecule has 3 nitrogen and oxygen atoms in total. The molecule has 0 saturated heterocycles. The lowest BCUT2D eigenvalue weighted by molar-refractivity contribution is -0.150. The number of hydrogen-bond acceptors (Lipinski definition) is 2. The molecule has 1 aromatic carbocycles. The quantitative estimate of drug-likeness (QED) is 0.629. The Morgan fingerprint density at radius 2 is 1.88 bits per heavy atom. The van der Waals surface area contributed by atoms with Crippen molar-refractivity contribution in [1.82, 2.24) is 0 Å². The van der Waals surface area contributed by atoms with E-state index in [1.807, 2.05) is 0 Å². The fraction of sp³-hybridized carbons (Fsp3) is 0.222. The van der Waals surface area contributed by atoms with Gasteiger partial charge in [-0.1, -0.05) is 0 Å². The number of benzene rings is 1. The molecular formula is C9H7F5N2O. The Morgan fingerprint density at radius 3 is 2.35 bits per heavy atom. The first-order valence-corrected chi connectivity index (χ1v) is 4.30. The highest BCUT2D eigenvalue weighted by Gasteiger charge is 2.31. The predicted molar refractivity (Wildman–Crippen MR) is 50.1 cm³/mol. The number of carbonyl (C=O) groups is 1. The van der Waals surface area contributed by atoms with Gasteiger partial charge in [-0.3, -0.25) is 4.79 Å². The fourth-order valence-corrected chi connectivity index (χ4v) is 1.09. The molecule has 1 amide bonds. The summed E-state index contributed by atoms with van der Waals surface area (Å²) in [4.78, 5) is 10.9. The Labute approximate surface area is 92.4 Å². The molecule has 0 spiro atoms. The molecule has 0 aliphatic rings. The molecule has 8 heteroatoms. The number of nitrogens with two attached hydrogens (primary N) is 1. The molecule has 0 saturated carbocycles. The minimum absolute atomic E-state index is 0.402. The van der Waals surface area contributed by atoms with Crippen LogP contribution in [-0.4, -0.2) is 12.1 Å². The van der Waals surface area contributed by atoms with Crippen molar-refractivity contribution in [1.29, 1.82) is 0 Å². The normalized spacial score (nSPS) is 11.4. The number of halogens is 5. The smallest absolute Gasteiger partial charge is 0.397 e. The zero-order chi connectivity index (χ0) is 13.2. The van der Waals surface area contributed by atoms with Crippen LogP contribution < -0.4 is 11.1 Å². The maximum atomic E-state index is 13.1. The van der Waals surface area contributed by atoms with Gasteiger partial charge in [0.05, 0.1) is 5.69 Å². The van der Waals surface area contributed by atoms with Crippen molar-refractivity contribution in [3.05, 3.63) is 23.8 Å². The molecule has 0 heterocycles. The second kappa shape index (κ2) is 4.56. The second-order valence-electron chi connectivity index (χ2n) is 3.19. The molecule has 0 bridgehead atoms. The lowest BCUT2D eigenvalue weighted by atomic mass is 10.2. The van der Waals surface area contributed by atoms with Crippen LogP contribution in [0, 0.1) is 11.6 Å². The third kappa shape index (κ3) is 3.89. The van der Waals surface area contributed by atoms with Crippen molar-refractivity contribution >= 4 is 17.3 Å². The third-order valence-corrected chi connectivity index (χ3v) is 1.71. The van der Waals surface area contributed by atoms with Gasteiger partial charge >= 0.3 is 6.18 Å². The van der Waals surface area contributed by atoms with E-state index in [2.05, 4.69) is 0 Å². The number of rotatable bonds is 2. The van der Waals surface area contributed by atoms with E-state index >= 15 is 0 Å². The molecule has 0 radical (unpaired) electrons. The molecule has 0 aliphatic carbocycles. The van der Waals surface area contributed by atoms with Crippen LogP contribution in [0.15, 0.2) is 12.1 Å². The summed E-state index contributed by atoms with van der Waals surface area (Å²) in [5.74, 6) is -3.71. The fourth-order valence-electron chi connectivity index (χ4n) is 1.09. The summed E-state index contributed by atoms with van der Waals surface area (Å²) >= 11 is 0. The molecular weight excluding hydrogens is 247 g/mol. The molecule has 0 aromatic heterocycles. The van der Waals surface area contributed by atoms with Gasteiger partial charge in [0, 0.05) is 6.07 Å². The Hall–Kier alpha value is -1.86. The lowest BCUT2D eigenvalue weighted by Gasteiger charge is -2.10. The summed E-state index contributed by atoms with van der Waals surface area (Å²) in [5, 5.41) is 1.64. The van der Waals surface area contributed by atoms with E-state index < -0.39 is 41.5 Å². The van der Waals surface area contributed by atoms with Crippen molar-refractivity contribution in [2.75, 3.05) is 11.1 Å². The number of carbonyl (C=O) groups excluding carboxylic acids is 1. The SMILES string of the molecule is Nc1cc(F)cc(F)c1NC(=O)CC(F)(F)F. The molecule has 3 N–H and O–H groups in total. The third-order valence-electron chi connectivity index (χ3n) is 1.71. The molecule has 94 valence electrons. The Kier molecular flexibility index (Phi) is 3.54. The van der Waals surface area contributed by atoms with Gasteiger partial charge in [0.15, 0.2) is 5.82 Å². The van der Waals surface area contributed by atoms with Crippen LogP contribution in [0.2, 0.25) is 0 Å².